The predicted octanol–water partition coefficient (Wildman–Crippen LogP) is 4.86. The van der Waals surface area contributed by atoms with Gasteiger partial charge in [-0.2, -0.15) is 0 Å². The minimum Gasteiger partial charge on any atom is -0.495 e. The number of esters is 1. The van der Waals surface area contributed by atoms with Gasteiger partial charge in [0.2, 0.25) is 5.91 Å². The number of amides is 1. The van der Waals surface area contributed by atoms with Crippen molar-refractivity contribution < 1.29 is 28.7 Å². The smallest absolute Gasteiger partial charge is 0.306 e. The fourth-order valence-electron chi connectivity index (χ4n) is 2.84. The molecule has 170 valence electrons. The summed E-state index contributed by atoms with van der Waals surface area (Å²) in [5.41, 5.74) is 1.27. The van der Waals surface area contributed by atoms with Gasteiger partial charge in [0.05, 0.1) is 24.1 Å². The summed E-state index contributed by atoms with van der Waals surface area (Å²) in [6, 6.07) is 19.6. The molecule has 0 aliphatic heterocycles. The van der Waals surface area contributed by atoms with Crippen molar-refractivity contribution in [3.05, 3.63) is 88.5 Å². The number of benzene rings is 3. The van der Waals surface area contributed by atoms with E-state index < -0.39 is 10.9 Å². The number of nitro groups is 1. The zero-order chi connectivity index (χ0) is 23.6. The highest BCUT2D eigenvalue weighted by molar-refractivity contribution is 5.93. The number of carbonyl (C=O) groups excluding carboxylic acids is 2. The van der Waals surface area contributed by atoms with E-state index in [1.54, 1.807) is 48.5 Å². The maximum atomic E-state index is 12.1. The van der Waals surface area contributed by atoms with Crippen molar-refractivity contribution >= 4 is 23.3 Å². The molecule has 0 heterocycles. The number of nitro benzene ring substituents is 1. The van der Waals surface area contributed by atoms with Gasteiger partial charge in [-0.1, -0.05) is 24.3 Å². The molecule has 0 unspecified atom stereocenters. The third-order valence-corrected chi connectivity index (χ3v) is 4.54. The highest BCUT2D eigenvalue weighted by Gasteiger charge is 2.11. The van der Waals surface area contributed by atoms with Crippen molar-refractivity contribution in [3.63, 3.8) is 0 Å². The number of methoxy groups -OCH3 is 1. The van der Waals surface area contributed by atoms with Crippen LogP contribution in [0.5, 0.6) is 17.2 Å². The molecular weight excluding hydrogens is 428 g/mol. The van der Waals surface area contributed by atoms with Crippen LogP contribution in [0.4, 0.5) is 11.4 Å². The topological polar surface area (TPSA) is 117 Å². The maximum Gasteiger partial charge on any atom is 0.306 e. The predicted molar refractivity (Wildman–Crippen MR) is 120 cm³/mol. The van der Waals surface area contributed by atoms with Gasteiger partial charge >= 0.3 is 5.97 Å². The summed E-state index contributed by atoms with van der Waals surface area (Å²) < 4.78 is 16.0. The van der Waals surface area contributed by atoms with Crippen LogP contribution in [0.25, 0.3) is 0 Å². The Balaban J connectivity index is 1.41. The highest BCUT2D eigenvalue weighted by Crippen LogP contribution is 2.25. The normalized spacial score (nSPS) is 10.2. The number of carbonyl (C=O) groups is 2. The van der Waals surface area contributed by atoms with Crippen LogP contribution >= 0.6 is 0 Å². The summed E-state index contributed by atoms with van der Waals surface area (Å²) in [7, 11) is 1.51. The Morgan fingerprint density at radius 1 is 0.909 bits per heavy atom. The lowest BCUT2D eigenvalue weighted by Gasteiger charge is -2.10. The largest absolute Gasteiger partial charge is 0.495 e. The van der Waals surface area contributed by atoms with E-state index in [0.29, 0.717) is 22.9 Å². The summed E-state index contributed by atoms with van der Waals surface area (Å²) in [5, 5.41) is 13.4. The Bertz CT molecular complexity index is 1110. The van der Waals surface area contributed by atoms with Crippen LogP contribution in [0.15, 0.2) is 72.8 Å². The van der Waals surface area contributed by atoms with Crippen molar-refractivity contribution in [2.75, 3.05) is 12.4 Å². The van der Waals surface area contributed by atoms with Crippen LogP contribution in [0.2, 0.25) is 0 Å². The zero-order valence-electron chi connectivity index (χ0n) is 17.9. The molecule has 9 heteroatoms. The van der Waals surface area contributed by atoms with Gasteiger partial charge in [0.1, 0.15) is 23.9 Å². The van der Waals surface area contributed by atoms with Gasteiger partial charge in [-0.15, -0.1) is 0 Å². The molecule has 0 saturated heterocycles. The van der Waals surface area contributed by atoms with E-state index in [4.69, 9.17) is 14.2 Å². The number of ether oxygens (including phenoxy) is 3. The number of hydrogen-bond donors (Lipinski definition) is 1. The Morgan fingerprint density at radius 2 is 1.55 bits per heavy atom. The molecule has 1 N–H and O–H groups in total. The standard InChI is InChI=1S/C24H22N2O7/c1-31-22-5-3-2-4-21(22)25-23(27)14-15-24(28)32-16-17-6-10-19(11-7-17)33-20-12-8-18(9-13-20)26(29)30/h2-13H,14-16H2,1H3,(H,25,27). The lowest BCUT2D eigenvalue weighted by molar-refractivity contribution is -0.384. The van der Waals surface area contributed by atoms with Gasteiger partial charge in [-0.25, -0.2) is 0 Å². The average Bonchev–Trinajstić information content (AvgIpc) is 2.83. The van der Waals surface area contributed by atoms with E-state index in [9.17, 15) is 19.7 Å². The van der Waals surface area contributed by atoms with E-state index in [1.165, 1.54) is 31.4 Å². The second-order valence-corrected chi connectivity index (χ2v) is 6.91. The molecule has 3 aromatic rings. The van der Waals surface area contributed by atoms with Crippen LogP contribution in [-0.4, -0.2) is 23.9 Å². The molecule has 0 aromatic heterocycles. The first-order chi connectivity index (χ1) is 15.9. The summed E-state index contributed by atoms with van der Waals surface area (Å²) in [4.78, 5) is 34.3. The second kappa shape index (κ2) is 11.3. The molecule has 0 saturated carbocycles. The van der Waals surface area contributed by atoms with Gasteiger partial charge in [-0.3, -0.25) is 19.7 Å². The van der Waals surface area contributed by atoms with Crippen LogP contribution in [0.1, 0.15) is 18.4 Å². The van der Waals surface area contributed by atoms with Gasteiger partial charge in [-0.05, 0) is 42.0 Å². The zero-order valence-corrected chi connectivity index (χ0v) is 17.9. The Labute approximate surface area is 190 Å². The van der Waals surface area contributed by atoms with Gasteiger partial charge in [0, 0.05) is 18.6 Å². The van der Waals surface area contributed by atoms with Crippen LogP contribution < -0.4 is 14.8 Å². The fraction of sp³-hybridized carbons (Fsp3) is 0.167. The maximum absolute atomic E-state index is 12.1. The minimum absolute atomic E-state index is 0.0150. The third-order valence-electron chi connectivity index (χ3n) is 4.54. The molecule has 3 aromatic carbocycles. The van der Waals surface area contributed by atoms with Crippen molar-refractivity contribution in [1.29, 1.82) is 0 Å². The molecule has 0 atom stereocenters. The second-order valence-electron chi connectivity index (χ2n) is 6.91. The SMILES string of the molecule is COc1ccccc1NC(=O)CCC(=O)OCc1ccc(Oc2ccc([N+](=O)[O-])cc2)cc1. The van der Waals surface area contributed by atoms with Crippen LogP contribution in [0.3, 0.4) is 0 Å². The molecule has 0 bridgehead atoms. The lowest BCUT2D eigenvalue weighted by Crippen LogP contribution is -2.15. The summed E-state index contributed by atoms with van der Waals surface area (Å²) in [6.45, 7) is 0.0603. The first-order valence-corrected chi connectivity index (χ1v) is 10.0. The summed E-state index contributed by atoms with van der Waals surface area (Å²) >= 11 is 0. The number of non-ortho nitro benzene ring substituents is 1. The third kappa shape index (κ3) is 7.06. The van der Waals surface area contributed by atoms with E-state index >= 15 is 0 Å². The number of nitrogens with one attached hydrogen (secondary N) is 1. The number of anilines is 1. The van der Waals surface area contributed by atoms with E-state index in [1.807, 2.05) is 0 Å². The van der Waals surface area contributed by atoms with E-state index in [2.05, 4.69) is 5.32 Å². The van der Waals surface area contributed by atoms with Crippen molar-refractivity contribution in [2.45, 2.75) is 19.4 Å². The number of nitrogens with zero attached hydrogens (tertiary/aromatic N) is 1. The molecule has 0 fully saturated rings. The van der Waals surface area contributed by atoms with Gasteiger partial charge in [0.15, 0.2) is 0 Å². The van der Waals surface area contributed by atoms with E-state index in [0.717, 1.165) is 5.56 Å². The Morgan fingerprint density at radius 3 is 2.18 bits per heavy atom. The Kier molecular flexibility index (Phi) is 7.96. The van der Waals surface area contributed by atoms with Crippen molar-refractivity contribution in [2.24, 2.45) is 0 Å². The van der Waals surface area contributed by atoms with Crippen molar-refractivity contribution in [3.8, 4) is 17.2 Å². The molecule has 33 heavy (non-hydrogen) atoms. The molecule has 1 amide bonds. The number of para-hydroxylation sites is 2. The first kappa shape index (κ1) is 23.3. The van der Waals surface area contributed by atoms with Crippen LogP contribution in [-0.2, 0) is 20.9 Å². The summed E-state index contributed by atoms with van der Waals surface area (Å²) in [6.07, 6.45) is -0.0682. The molecule has 0 radical (unpaired) electrons. The summed E-state index contributed by atoms with van der Waals surface area (Å²) in [5.74, 6) is 0.730. The highest BCUT2D eigenvalue weighted by atomic mass is 16.6. The van der Waals surface area contributed by atoms with Gasteiger partial charge < -0.3 is 19.5 Å². The van der Waals surface area contributed by atoms with Crippen molar-refractivity contribution in [1.82, 2.24) is 0 Å². The quantitative estimate of drug-likeness (QED) is 0.266. The average molecular weight is 450 g/mol. The molecule has 3 rings (SSSR count). The molecule has 0 aliphatic carbocycles. The fourth-order valence-corrected chi connectivity index (χ4v) is 2.84. The molecular formula is C24H22N2O7. The Hall–Kier alpha value is -4.40. The monoisotopic (exact) mass is 450 g/mol. The minimum atomic E-state index is -0.489. The van der Waals surface area contributed by atoms with Gasteiger partial charge in [0.25, 0.3) is 5.69 Å². The van der Waals surface area contributed by atoms with Crippen LogP contribution in [0, 0.1) is 10.1 Å². The molecule has 9 nitrogen and oxygen atoms in total. The number of rotatable bonds is 10. The lowest BCUT2D eigenvalue weighted by atomic mass is 10.2. The number of hydrogen-bond acceptors (Lipinski definition) is 7. The molecule has 0 aliphatic rings. The van der Waals surface area contributed by atoms with E-state index in [-0.39, 0.29) is 31.0 Å². The first-order valence-electron chi connectivity index (χ1n) is 10.0. The molecule has 0 spiro atoms.